The van der Waals surface area contributed by atoms with Crippen molar-refractivity contribution in [3.8, 4) is 0 Å². The second kappa shape index (κ2) is 10.2. The summed E-state index contributed by atoms with van der Waals surface area (Å²) in [6.07, 6.45) is -5.99. The van der Waals surface area contributed by atoms with E-state index in [0.29, 0.717) is 30.6 Å². The molecule has 6 rings (SSSR count). The van der Waals surface area contributed by atoms with Crippen LogP contribution in [0.15, 0.2) is 67.4 Å². The van der Waals surface area contributed by atoms with Crippen LogP contribution in [0.5, 0.6) is 0 Å². The summed E-state index contributed by atoms with van der Waals surface area (Å²) >= 11 is 0. The third kappa shape index (κ3) is 5.16. The Kier molecular flexibility index (Phi) is 7.60. The number of aromatic nitrogens is 1. The fourth-order valence-electron chi connectivity index (χ4n) is 6.44. The highest BCUT2D eigenvalue weighted by Gasteiger charge is 2.54. The van der Waals surface area contributed by atoms with Crippen molar-refractivity contribution in [2.75, 3.05) is 13.1 Å². The van der Waals surface area contributed by atoms with Gasteiger partial charge >= 0.3 is 12.4 Å². The minimum atomic E-state index is -4.91. The molecule has 2 unspecified atom stereocenters. The maximum absolute atomic E-state index is 13.6. The van der Waals surface area contributed by atoms with Crippen molar-refractivity contribution in [1.82, 2.24) is 4.98 Å². The molecule has 0 amide bonds. The summed E-state index contributed by atoms with van der Waals surface area (Å²) in [7, 11) is 0. The average Bonchev–Trinajstić information content (AvgIpc) is 2.86. The van der Waals surface area contributed by atoms with Gasteiger partial charge in [-0.2, -0.15) is 26.3 Å². The van der Waals surface area contributed by atoms with E-state index in [-0.39, 0.29) is 46.9 Å². The van der Waals surface area contributed by atoms with Crippen LogP contribution in [-0.2, 0) is 18.9 Å². The lowest BCUT2D eigenvalue weighted by atomic mass is 9.71. The topological polar surface area (TPSA) is 33.1 Å². The zero-order chi connectivity index (χ0) is 26.6. The second-order valence-corrected chi connectivity index (χ2v) is 10.3. The Morgan fingerprint density at radius 1 is 1.03 bits per heavy atom. The van der Waals surface area contributed by atoms with E-state index < -0.39 is 35.6 Å². The van der Waals surface area contributed by atoms with Crippen molar-refractivity contribution in [2.24, 2.45) is 11.8 Å². The Bertz CT molecular complexity index is 1290. The molecule has 5 atom stereocenters. The lowest BCUT2D eigenvalue weighted by Crippen LogP contribution is -2.67. The van der Waals surface area contributed by atoms with Gasteiger partial charge in [0.15, 0.2) is 0 Å². The summed E-state index contributed by atoms with van der Waals surface area (Å²) in [5.41, 5.74) is -1.31. The number of rotatable bonds is 5. The number of pyridine rings is 1. The molecule has 0 aliphatic carbocycles. The number of hydrogen-bond acceptors (Lipinski definition) is 2. The summed E-state index contributed by atoms with van der Waals surface area (Å²) in [5, 5.41) is 12.5. The van der Waals surface area contributed by atoms with E-state index in [1.807, 2.05) is 30.3 Å². The lowest BCUT2D eigenvalue weighted by molar-refractivity contribution is -0.984. The van der Waals surface area contributed by atoms with Crippen LogP contribution in [0.2, 0.25) is 0 Å². The highest BCUT2D eigenvalue weighted by atomic mass is 35.5. The highest BCUT2D eigenvalue weighted by molar-refractivity contribution is 5.85. The van der Waals surface area contributed by atoms with Crippen LogP contribution >= 0.6 is 12.4 Å². The molecule has 204 valence electrons. The summed E-state index contributed by atoms with van der Waals surface area (Å²) in [5.74, 6) is 0.316. The molecule has 0 radical (unpaired) electrons. The predicted octanol–water partition coefficient (Wildman–Crippen LogP) is 7.34. The van der Waals surface area contributed by atoms with Crippen molar-refractivity contribution in [3.05, 3.63) is 89.6 Å². The zero-order valence-electron chi connectivity index (χ0n) is 20.3. The largest absolute Gasteiger partial charge is 0.416 e. The van der Waals surface area contributed by atoms with Gasteiger partial charge in [-0.05, 0) is 41.8 Å². The Morgan fingerprint density at radius 2 is 1.68 bits per heavy atom. The van der Waals surface area contributed by atoms with Crippen LogP contribution < -0.4 is 0 Å². The SMILES string of the molecule is C=C[C@@H]1C[N+]2(Cc3cc(C(F)(F)F)cc(C(F)(F)F)c3)CCC1C[C@H]2[C@H](O)c1ccnc2ccccc12.Cl. The van der Waals surface area contributed by atoms with Crippen molar-refractivity contribution in [3.63, 3.8) is 0 Å². The van der Waals surface area contributed by atoms with E-state index in [1.54, 1.807) is 12.3 Å². The number of aliphatic hydroxyl groups excluding tert-OH is 1. The van der Waals surface area contributed by atoms with E-state index in [0.717, 1.165) is 23.9 Å². The molecule has 1 aromatic heterocycles. The van der Waals surface area contributed by atoms with E-state index in [9.17, 15) is 31.4 Å². The Morgan fingerprint density at radius 3 is 2.32 bits per heavy atom. The van der Waals surface area contributed by atoms with Gasteiger partial charge in [0, 0.05) is 35.9 Å². The van der Waals surface area contributed by atoms with Gasteiger partial charge in [0.1, 0.15) is 18.7 Å². The maximum Gasteiger partial charge on any atom is 0.416 e. The van der Waals surface area contributed by atoms with Gasteiger partial charge in [0.2, 0.25) is 0 Å². The molecule has 2 aromatic carbocycles. The standard InChI is InChI=1S/C28H27F6N2O.ClH/c1-2-18-16-36(15-17-11-20(27(29,30)31)14-21(12-17)28(32,33)34)10-8-19(18)13-25(36)26(37)23-7-9-35-24-6-4-3-5-22(23)24;/h2-7,9,11-12,14,18-19,25-26,37H,1,8,10,13,15-16H2;1H/q+1;/t18-,19?,25+,26-,36?;/m1./s1. The van der Waals surface area contributed by atoms with Crippen molar-refractivity contribution in [2.45, 2.75) is 43.9 Å². The molecule has 3 fully saturated rings. The monoisotopic (exact) mass is 557 g/mol. The molecule has 3 aromatic rings. The predicted molar refractivity (Wildman–Crippen MR) is 134 cm³/mol. The van der Waals surface area contributed by atoms with Crippen molar-refractivity contribution in [1.29, 1.82) is 0 Å². The number of hydrogen-bond donors (Lipinski definition) is 1. The second-order valence-electron chi connectivity index (χ2n) is 10.3. The van der Waals surface area contributed by atoms with Crippen LogP contribution in [0.3, 0.4) is 0 Å². The number of nitrogens with zero attached hydrogens (tertiary/aromatic N) is 2. The normalized spacial score (nSPS) is 26.1. The van der Waals surface area contributed by atoms with Crippen molar-refractivity contribution < 1.29 is 35.9 Å². The fraction of sp³-hybridized carbons (Fsp3) is 0.393. The third-order valence-electron chi connectivity index (χ3n) is 8.19. The molecule has 0 saturated carbocycles. The molecule has 2 bridgehead atoms. The summed E-state index contributed by atoms with van der Waals surface area (Å²) in [4.78, 5) is 4.35. The number of quaternary nitrogens is 1. The molecule has 3 nitrogen and oxygen atoms in total. The van der Waals surface area contributed by atoms with Gasteiger partial charge in [-0.15, -0.1) is 19.0 Å². The first kappa shape index (κ1) is 28.4. The van der Waals surface area contributed by atoms with E-state index in [2.05, 4.69) is 11.6 Å². The van der Waals surface area contributed by atoms with Crippen LogP contribution in [0.25, 0.3) is 10.9 Å². The maximum atomic E-state index is 13.6. The molecule has 3 saturated heterocycles. The third-order valence-corrected chi connectivity index (χ3v) is 8.19. The quantitative estimate of drug-likeness (QED) is 0.202. The lowest BCUT2D eigenvalue weighted by Gasteiger charge is -2.58. The first-order chi connectivity index (χ1) is 17.4. The Hall–Kier alpha value is -2.62. The van der Waals surface area contributed by atoms with Crippen LogP contribution in [0.4, 0.5) is 26.3 Å². The van der Waals surface area contributed by atoms with E-state index >= 15 is 0 Å². The summed E-state index contributed by atoms with van der Waals surface area (Å²) in [6, 6.07) is 10.5. The molecular weight excluding hydrogens is 530 g/mol. The molecule has 0 spiro atoms. The highest BCUT2D eigenvalue weighted by Crippen LogP contribution is 2.48. The van der Waals surface area contributed by atoms with Gasteiger partial charge in [0.25, 0.3) is 0 Å². The number of aliphatic hydroxyl groups is 1. The number of piperidine rings is 3. The van der Waals surface area contributed by atoms with Crippen LogP contribution in [-0.4, -0.2) is 33.7 Å². The average molecular weight is 558 g/mol. The summed E-state index contributed by atoms with van der Waals surface area (Å²) in [6.45, 7) is 4.93. The number of benzene rings is 2. The molecule has 4 heterocycles. The van der Waals surface area contributed by atoms with Crippen LogP contribution in [0.1, 0.15) is 41.2 Å². The number of fused-ring (bicyclic) bond motifs is 4. The smallest absolute Gasteiger partial charge is 0.382 e. The van der Waals surface area contributed by atoms with E-state index in [1.165, 1.54) is 0 Å². The number of halogens is 7. The fourth-order valence-corrected chi connectivity index (χ4v) is 6.44. The molecular formula is C28H28ClF6N2O+. The summed E-state index contributed by atoms with van der Waals surface area (Å²) < 4.78 is 81.6. The Labute approximate surface area is 222 Å². The number of alkyl halides is 6. The molecule has 10 heteroatoms. The molecule has 38 heavy (non-hydrogen) atoms. The van der Waals surface area contributed by atoms with Crippen molar-refractivity contribution >= 4 is 23.3 Å². The zero-order valence-corrected chi connectivity index (χ0v) is 21.2. The minimum Gasteiger partial charge on any atom is -0.382 e. The molecule has 3 aliphatic rings. The van der Waals surface area contributed by atoms with Crippen LogP contribution in [0, 0.1) is 11.8 Å². The van der Waals surface area contributed by atoms with Gasteiger partial charge < -0.3 is 9.59 Å². The Balaban J connectivity index is 0.00000336. The molecule has 3 aliphatic heterocycles. The first-order valence-corrected chi connectivity index (χ1v) is 12.2. The van der Waals surface area contributed by atoms with Gasteiger partial charge in [-0.3, -0.25) is 4.98 Å². The molecule has 1 N–H and O–H groups in total. The number of para-hydroxylation sites is 1. The van der Waals surface area contributed by atoms with Gasteiger partial charge in [0.05, 0.1) is 29.7 Å². The van der Waals surface area contributed by atoms with E-state index in [4.69, 9.17) is 0 Å². The first-order valence-electron chi connectivity index (χ1n) is 12.2. The van der Waals surface area contributed by atoms with Gasteiger partial charge in [-0.1, -0.05) is 24.3 Å². The van der Waals surface area contributed by atoms with Gasteiger partial charge in [-0.25, -0.2) is 0 Å². The minimum absolute atomic E-state index is 0.